The molecule has 0 atom stereocenters. The quantitative estimate of drug-likeness (QED) is 0.357. The second-order valence-electron chi connectivity index (χ2n) is 8.33. The Kier molecular flexibility index (Phi) is 8.30. The van der Waals surface area contributed by atoms with Gasteiger partial charge in [-0.1, -0.05) is 31.6 Å². The second kappa shape index (κ2) is 11.4. The molecule has 1 aliphatic rings. The highest BCUT2D eigenvalue weighted by Crippen LogP contribution is 2.37. The number of aryl methyl sites for hydroxylation is 1. The number of hydrogen-bond acceptors (Lipinski definition) is 8. The van der Waals surface area contributed by atoms with Crippen molar-refractivity contribution in [2.75, 3.05) is 27.0 Å². The normalized spacial score (nSPS) is 13.5. The molecule has 0 bridgehead atoms. The van der Waals surface area contributed by atoms with Crippen LogP contribution in [0.1, 0.15) is 43.5 Å². The van der Waals surface area contributed by atoms with Crippen LogP contribution in [0.15, 0.2) is 46.3 Å². The van der Waals surface area contributed by atoms with Crippen molar-refractivity contribution >= 4 is 43.5 Å². The fourth-order valence-electron chi connectivity index (χ4n) is 3.92. The molecule has 4 rings (SSSR count). The second-order valence-corrected chi connectivity index (χ2v) is 11.3. The molecule has 0 aliphatic carbocycles. The molecule has 1 aliphatic heterocycles. The number of hydrogen-bond donors (Lipinski definition) is 0. The Morgan fingerprint density at radius 2 is 1.84 bits per heavy atom. The molecule has 1 amide bonds. The van der Waals surface area contributed by atoms with Gasteiger partial charge in [0.05, 0.1) is 28.6 Å². The Bertz CT molecular complexity index is 1470. The van der Waals surface area contributed by atoms with Gasteiger partial charge in [0.2, 0.25) is 16.8 Å². The van der Waals surface area contributed by atoms with Gasteiger partial charge >= 0.3 is 5.97 Å². The molecule has 2 aromatic carbocycles. The average Bonchev–Trinajstić information content (AvgIpc) is 3.49. The molecule has 0 radical (unpaired) electrons. The topological polar surface area (TPSA) is 117 Å². The minimum absolute atomic E-state index is 0.0939. The maximum atomic E-state index is 13.1. The highest BCUT2D eigenvalue weighted by molar-refractivity contribution is 7.89. The number of methoxy groups -OCH3 is 1. The third-order valence-corrected chi connectivity index (χ3v) is 9.02. The van der Waals surface area contributed by atoms with Gasteiger partial charge in [-0.15, -0.1) is 0 Å². The zero-order chi connectivity index (χ0) is 26.6. The lowest BCUT2D eigenvalue weighted by molar-refractivity contribution is -0.140. The maximum Gasteiger partial charge on any atom is 0.307 e. The van der Waals surface area contributed by atoms with E-state index < -0.39 is 15.9 Å². The fourth-order valence-corrected chi connectivity index (χ4v) is 6.47. The number of amides is 1. The van der Waals surface area contributed by atoms with Crippen molar-refractivity contribution in [3.05, 3.63) is 46.8 Å². The number of esters is 1. The van der Waals surface area contributed by atoms with Crippen LogP contribution in [0.25, 0.3) is 10.2 Å². The van der Waals surface area contributed by atoms with Gasteiger partial charge in [-0.2, -0.15) is 9.30 Å². The molecule has 3 aromatic rings. The SMILES string of the molecule is CCCCN(CC)S(=O)(=O)c1ccc(C(=O)N=c2sc3cc4c(cc3n2CCC(=O)OC)OCO4)cc1. The van der Waals surface area contributed by atoms with Gasteiger partial charge < -0.3 is 18.8 Å². The molecule has 0 saturated heterocycles. The number of unbranched alkanes of at least 4 members (excludes halogenated alkanes) is 1. The van der Waals surface area contributed by atoms with Gasteiger partial charge in [0, 0.05) is 37.3 Å². The zero-order valence-electron chi connectivity index (χ0n) is 20.9. The third-order valence-electron chi connectivity index (χ3n) is 5.99. The first-order valence-electron chi connectivity index (χ1n) is 12.0. The Labute approximate surface area is 219 Å². The van der Waals surface area contributed by atoms with Crippen LogP contribution in [-0.2, 0) is 26.1 Å². The number of sulfonamides is 1. The highest BCUT2D eigenvalue weighted by atomic mass is 32.2. The number of fused-ring (bicyclic) bond motifs is 2. The largest absolute Gasteiger partial charge is 0.469 e. The van der Waals surface area contributed by atoms with E-state index in [4.69, 9.17) is 14.2 Å². The van der Waals surface area contributed by atoms with Crippen molar-refractivity contribution in [2.45, 2.75) is 44.6 Å². The Hall–Kier alpha value is -3.22. The summed E-state index contributed by atoms with van der Waals surface area (Å²) in [6, 6.07) is 9.42. The van der Waals surface area contributed by atoms with Crippen molar-refractivity contribution in [1.82, 2.24) is 8.87 Å². The summed E-state index contributed by atoms with van der Waals surface area (Å²) in [6.45, 7) is 5.01. The Morgan fingerprint density at radius 1 is 1.14 bits per heavy atom. The third kappa shape index (κ3) is 5.71. The number of aromatic nitrogens is 1. The van der Waals surface area contributed by atoms with Crippen LogP contribution in [0.2, 0.25) is 0 Å². The maximum absolute atomic E-state index is 13.1. The summed E-state index contributed by atoms with van der Waals surface area (Å²) < 4.78 is 45.7. The zero-order valence-corrected chi connectivity index (χ0v) is 22.6. The Balaban J connectivity index is 1.66. The van der Waals surface area contributed by atoms with Crippen LogP contribution >= 0.6 is 11.3 Å². The molecule has 12 heteroatoms. The first kappa shape index (κ1) is 26.8. The first-order chi connectivity index (χ1) is 17.8. The van der Waals surface area contributed by atoms with Gasteiger partial charge in [-0.3, -0.25) is 9.59 Å². The molecule has 0 spiro atoms. The molecule has 0 saturated carbocycles. The lowest BCUT2D eigenvalue weighted by atomic mass is 10.2. The van der Waals surface area contributed by atoms with E-state index in [9.17, 15) is 18.0 Å². The van der Waals surface area contributed by atoms with E-state index in [0.29, 0.717) is 29.4 Å². The summed E-state index contributed by atoms with van der Waals surface area (Å²) >= 11 is 1.28. The lowest BCUT2D eigenvalue weighted by Crippen LogP contribution is -2.31. The predicted octanol–water partition coefficient (Wildman–Crippen LogP) is 3.55. The van der Waals surface area contributed by atoms with Crippen molar-refractivity contribution in [3.8, 4) is 11.5 Å². The van der Waals surface area contributed by atoms with Gasteiger partial charge in [0.25, 0.3) is 5.91 Å². The van der Waals surface area contributed by atoms with E-state index >= 15 is 0 Å². The summed E-state index contributed by atoms with van der Waals surface area (Å²) in [5.41, 5.74) is 1.000. The van der Waals surface area contributed by atoms with Gasteiger partial charge in [-0.05, 0) is 30.7 Å². The van der Waals surface area contributed by atoms with Crippen molar-refractivity contribution < 1.29 is 32.2 Å². The van der Waals surface area contributed by atoms with Gasteiger partial charge in [-0.25, -0.2) is 8.42 Å². The van der Waals surface area contributed by atoms with E-state index in [1.54, 1.807) is 17.6 Å². The summed E-state index contributed by atoms with van der Waals surface area (Å²) in [4.78, 5) is 29.7. The lowest BCUT2D eigenvalue weighted by Gasteiger charge is -2.20. The number of carbonyl (C=O) groups excluding carboxylic acids is 2. The van der Waals surface area contributed by atoms with E-state index in [2.05, 4.69) is 4.99 Å². The van der Waals surface area contributed by atoms with Crippen LogP contribution in [0.5, 0.6) is 11.5 Å². The summed E-state index contributed by atoms with van der Waals surface area (Å²) in [5.74, 6) is 0.262. The minimum atomic E-state index is -3.65. The molecule has 0 unspecified atom stereocenters. The summed E-state index contributed by atoms with van der Waals surface area (Å²) in [7, 11) is -2.33. The van der Waals surface area contributed by atoms with Gasteiger partial charge in [0.1, 0.15) is 0 Å². The number of carbonyl (C=O) groups is 2. The molecular formula is C25H29N3O7S2. The van der Waals surface area contributed by atoms with Crippen LogP contribution in [0.3, 0.4) is 0 Å². The number of benzene rings is 2. The number of rotatable bonds is 10. The van der Waals surface area contributed by atoms with E-state index in [1.165, 1.54) is 47.0 Å². The molecule has 0 fully saturated rings. The minimum Gasteiger partial charge on any atom is -0.469 e. The number of thiazole rings is 1. The van der Waals surface area contributed by atoms with Crippen molar-refractivity contribution in [1.29, 1.82) is 0 Å². The van der Waals surface area contributed by atoms with Crippen LogP contribution < -0.4 is 14.3 Å². The van der Waals surface area contributed by atoms with Crippen LogP contribution in [-0.4, -0.2) is 56.2 Å². The molecule has 198 valence electrons. The van der Waals surface area contributed by atoms with Crippen molar-refractivity contribution in [2.24, 2.45) is 4.99 Å². The first-order valence-corrected chi connectivity index (χ1v) is 14.2. The molecule has 0 N–H and O–H groups in total. The van der Waals surface area contributed by atoms with Crippen LogP contribution in [0.4, 0.5) is 0 Å². The average molecular weight is 548 g/mol. The summed E-state index contributed by atoms with van der Waals surface area (Å²) in [5, 5.41) is 0. The fraction of sp³-hybridized carbons (Fsp3) is 0.400. The van der Waals surface area contributed by atoms with E-state index in [1.807, 2.05) is 13.0 Å². The molecule has 2 heterocycles. The molecular weight excluding hydrogens is 518 g/mol. The van der Waals surface area contributed by atoms with Gasteiger partial charge in [0.15, 0.2) is 16.3 Å². The monoisotopic (exact) mass is 547 g/mol. The smallest absolute Gasteiger partial charge is 0.307 e. The number of ether oxygens (including phenoxy) is 3. The summed E-state index contributed by atoms with van der Waals surface area (Å²) in [6.07, 6.45) is 1.76. The van der Waals surface area contributed by atoms with Crippen LogP contribution in [0, 0.1) is 0 Å². The van der Waals surface area contributed by atoms with E-state index in [0.717, 1.165) is 23.1 Å². The highest BCUT2D eigenvalue weighted by Gasteiger charge is 2.23. The predicted molar refractivity (Wildman–Crippen MR) is 138 cm³/mol. The standard InChI is InChI=1S/C25H29N3O7S2/c1-4-6-12-27(5-2)37(31,32)18-9-7-17(8-10-18)24(30)26-25-28(13-11-23(29)33-3)19-14-20-21(35-16-34-20)15-22(19)36-25/h7-10,14-15H,4-6,11-13,16H2,1-3H3. The van der Waals surface area contributed by atoms with E-state index in [-0.39, 0.29) is 36.2 Å². The number of nitrogens with zero attached hydrogens (tertiary/aromatic N) is 3. The van der Waals surface area contributed by atoms with Crippen molar-refractivity contribution in [3.63, 3.8) is 0 Å². The molecule has 37 heavy (non-hydrogen) atoms. The molecule has 1 aromatic heterocycles. The molecule has 10 nitrogen and oxygen atoms in total. The Morgan fingerprint density at radius 3 is 2.49 bits per heavy atom.